The molecule has 2 aromatic rings. The molecule has 4 nitrogen and oxygen atoms in total. The van der Waals surface area contributed by atoms with Gasteiger partial charge in [-0.05, 0) is 49.3 Å². The first-order valence-corrected chi connectivity index (χ1v) is 7.61. The number of nitrogens with zero attached hydrogens (tertiary/aromatic N) is 2. The summed E-state index contributed by atoms with van der Waals surface area (Å²) in [6.07, 6.45) is 6.97. The van der Waals surface area contributed by atoms with Crippen LogP contribution in [0.2, 0.25) is 0 Å². The molecule has 2 fully saturated rings. The summed E-state index contributed by atoms with van der Waals surface area (Å²) in [5, 5.41) is 0.856. The number of pyridine rings is 1. The molecule has 0 bridgehead atoms. The van der Waals surface area contributed by atoms with Gasteiger partial charge >= 0.3 is 0 Å². The predicted molar refractivity (Wildman–Crippen MR) is 83.4 cm³/mol. The predicted octanol–water partition coefficient (Wildman–Crippen LogP) is 2.71. The largest absolute Gasteiger partial charge is 0.371 e. The number of fused-ring (bicyclic) bond motifs is 1. The number of carbonyl (C=O) groups is 1. The van der Waals surface area contributed by atoms with Crippen molar-refractivity contribution in [2.24, 2.45) is 11.1 Å². The van der Waals surface area contributed by atoms with Crippen molar-refractivity contribution in [3.8, 4) is 0 Å². The first-order chi connectivity index (χ1) is 10.2. The molecule has 0 atom stereocenters. The Labute approximate surface area is 124 Å². The monoisotopic (exact) mass is 281 g/mol. The smallest absolute Gasteiger partial charge is 0.251 e. The molecule has 0 radical (unpaired) electrons. The highest BCUT2D eigenvalue weighted by molar-refractivity contribution is 6.10. The number of hydrogen-bond donors (Lipinski definition) is 1. The van der Waals surface area contributed by atoms with E-state index in [0.29, 0.717) is 11.0 Å². The molecule has 0 unspecified atom stereocenters. The molecule has 1 aromatic carbocycles. The molecule has 1 amide bonds. The summed E-state index contributed by atoms with van der Waals surface area (Å²) >= 11 is 0. The fraction of sp³-hybridized carbons (Fsp3) is 0.412. The van der Waals surface area contributed by atoms with Gasteiger partial charge in [-0.1, -0.05) is 6.07 Å². The molecule has 4 rings (SSSR count). The molecule has 1 aromatic heterocycles. The lowest BCUT2D eigenvalue weighted by Crippen LogP contribution is -2.35. The molecule has 21 heavy (non-hydrogen) atoms. The number of anilines is 1. The lowest BCUT2D eigenvalue weighted by atomic mass is 9.92. The van der Waals surface area contributed by atoms with Crippen LogP contribution in [0.4, 0.5) is 5.69 Å². The van der Waals surface area contributed by atoms with Crippen molar-refractivity contribution in [3.05, 3.63) is 36.0 Å². The summed E-state index contributed by atoms with van der Waals surface area (Å²) < 4.78 is 0. The number of nitrogens with two attached hydrogens (primary N) is 1. The zero-order chi connectivity index (χ0) is 14.4. The number of piperidine rings is 1. The van der Waals surface area contributed by atoms with Crippen LogP contribution >= 0.6 is 0 Å². The van der Waals surface area contributed by atoms with Gasteiger partial charge < -0.3 is 10.6 Å². The van der Waals surface area contributed by atoms with Gasteiger partial charge in [0.15, 0.2) is 0 Å². The van der Waals surface area contributed by atoms with E-state index >= 15 is 0 Å². The van der Waals surface area contributed by atoms with E-state index in [2.05, 4.69) is 9.88 Å². The average Bonchev–Trinajstić information content (AvgIpc) is 3.26. The molecule has 1 spiro atoms. The quantitative estimate of drug-likeness (QED) is 0.920. The Morgan fingerprint density at radius 1 is 1.14 bits per heavy atom. The highest BCUT2D eigenvalue weighted by Gasteiger charge is 2.44. The maximum absolute atomic E-state index is 12.0. The van der Waals surface area contributed by atoms with E-state index in [1.54, 1.807) is 6.20 Å². The Kier molecular flexibility index (Phi) is 2.67. The Balaban J connectivity index is 1.77. The van der Waals surface area contributed by atoms with Crippen LogP contribution in [0.25, 0.3) is 10.9 Å². The Morgan fingerprint density at radius 3 is 2.57 bits per heavy atom. The third kappa shape index (κ3) is 2.06. The molecule has 4 heteroatoms. The lowest BCUT2D eigenvalue weighted by Gasteiger charge is -2.34. The van der Waals surface area contributed by atoms with E-state index in [4.69, 9.17) is 5.73 Å². The fourth-order valence-corrected chi connectivity index (χ4v) is 3.56. The average molecular weight is 281 g/mol. The third-order valence-electron chi connectivity index (χ3n) is 5.13. The van der Waals surface area contributed by atoms with Crippen LogP contribution < -0.4 is 10.6 Å². The van der Waals surface area contributed by atoms with Crippen LogP contribution in [0.15, 0.2) is 30.5 Å². The van der Waals surface area contributed by atoms with Crippen LogP contribution in [-0.4, -0.2) is 24.0 Å². The second kappa shape index (κ2) is 4.45. The van der Waals surface area contributed by atoms with Crippen LogP contribution in [-0.2, 0) is 0 Å². The Morgan fingerprint density at radius 2 is 1.90 bits per heavy atom. The summed E-state index contributed by atoms with van der Waals surface area (Å²) in [5.41, 5.74) is 8.70. The van der Waals surface area contributed by atoms with Crippen molar-refractivity contribution < 1.29 is 4.79 Å². The number of benzene rings is 1. The Hall–Kier alpha value is -2.10. The summed E-state index contributed by atoms with van der Waals surface area (Å²) in [5.74, 6) is -0.365. The van der Waals surface area contributed by atoms with Crippen molar-refractivity contribution in [1.29, 1.82) is 0 Å². The Bertz CT molecular complexity index is 711. The van der Waals surface area contributed by atoms with Crippen molar-refractivity contribution in [2.75, 3.05) is 18.0 Å². The SMILES string of the molecule is NC(=O)c1c(N2CCC3(CC2)CC3)ccc2ncccc12. The van der Waals surface area contributed by atoms with Gasteiger partial charge in [0.05, 0.1) is 16.8 Å². The zero-order valence-corrected chi connectivity index (χ0v) is 12.0. The van der Waals surface area contributed by atoms with Crippen molar-refractivity contribution in [2.45, 2.75) is 25.7 Å². The zero-order valence-electron chi connectivity index (χ0n) is 12.0. The molecule has 1 saturated heterocycles. The van der Waals surface area contributed by atoms with Crippen LogP contribution in [0.5, 0.6) is 0 Å². The molecular formula is C17H19N3O. The van der Waals surface area contributed by atoms with Gasteiger partial charge in [0.1, 0.15) is 0 Å². The summed E-state index contributed by atoms with van der Waals surface area (Å²) in [6, 6.07) is 7.77. The highest BCUT2D eigenvalue weighted by atomic mass is 16.1. The lowest BCUT2D eigenvalue weighted by molar-refractivity contribution is 0.100. The second-order valence-corrected chi connectivity index (χ2v) is 6.38. The van der Waals surface area contributed by atoms with Gasteiger partial charge in [-0.3, -0.25) is 9.78 Å². The highest BCUT2D eigenvalue weighted by Crippen LogP contribution is 2.54. The first-order valence-electron chi connectivity index (χ1n) is 7.61. The fourth-order valence-electron chi connectivity index (χ4n) is 3.56. The van der Waals surface area contributed by atoms with Gasteiger partial charge in [0, 0.05) is 24.7 Å². The maximum atomic E-state index is 12.0. The molecule has 2 aliphatic rings. The second-order valence-electron chi connectivity index (χ2n) is 6.38. The van der Waals surface area contributed by atoms with Crippen molar-refractivity contribution in [3.63, 3.8) is 0 Å². The van der Waals surface area contributed by atoms with Gasteiger partial charge in [-0.15, -0.1) is 0 Å². The number of aromatic nitrogens is 1. The van der Waals surface area contributed by atoms with Crippen LogP contribution in [0, 0.1) is 5.41 Å². The van der Waals surface area contributed by atoms with Crippen LogP contribution in [0.3, 0.4) is 0 Å². The minimum atomic E-state index is -0.365. The van der Waals surface area contributed by atoms with Crippen molar-refractivity contribution in [1.82, 2.24) is 4.98 Å². The number of carbonyl (C=O) groups excluding carboxylic acids is 1. The van der Waals surface area contributed by atoms with E-state index < -0.39 is 0 Å². The number of hydrogen-bond acceptors (Lipinski definition) is 3. The van der Waals surface area contributed by atoms with Gasteiger partial charge in [-0.25, -0.2) is 0 Å². The first kappa shape index (κ1) is 12.6. The van der Waals surface area contributed by atoms with Crippen LogP contribution in [0.1, 0.15) is 36.0 Å². The van der Waals surface area contributed by atoms with Gasteiger partial charge in [0.25, 0.3) is 5.91 Å². The molecule has 1 saturated carbocycles. The molecule has 2 heterocycles. The van der Waals surface area contributed by atoms with E-state index in [0.717, 1.165) is 29.7 Å². The van der Waals surface area contributed by atoms with E-state index in [1.807, 2.05) is 24.3 Å². The third-order valence-corrected chi connectivity index (χ3v) is 5.13. The topological polar surface area (TPSA) is 59.2 Å². The van der Waals surface area contributed by atoms with Gasteiger partial charge in [-0.2, -0.15) is 0 Å². The number of amides is 1. The van der Waals surface area contributed by atoms with E-state index in [9.17, 15) is 4.79 Å². The van der Waals surface area contributed by atoms with Crippen molar-refractivity contribution >= 4 is 22.5 Å². The van der Waals surface area contributed by atoms with E-state index in [1.165, 1.54) is 25.7 Å². The molecule has 1 aliphatic carbocycles. The summed E-state index contributed by atoms with van der Waals surface area (Å²) in [6.45, 7) is 2.04. The number of primary amides is 1. The summed E-state index contributed by atoms with van der Waals surface area (Å²) in [7, 11) is 0. The standard InChI is InChI=1S/C17H19N3O/c18-16(21)15-12-2-1-9-19-13(12)3-4-14(15)20-10-7-17(5-6-17)8-11-20/h1-4,9H,5-8,10-11H2,(H2,18,21). The molecule has 108 valence electrons. The van der Waals surface area contributed by atoms with Gasteiger partial charge in [0.2, 0.25) is 0 Å². The molecule has 2 N–H and O–H groups in total. The normalized spacial score (nSPS) is 19.9. The molecule has 1 aliphatic heterocycles. The summed E-state index contributed by atoms with van der Waals surface area (Å²) in [4.78, 5) is 18.6. The number of rotatable bonds is 2. The minimum Gasteiger partial charge on any atom is -0.371 e. The van der Waals surface area contributed by atoms with E-state index in [-0.39, 0.29) is 5.91 Å². The minimum absolute atomic E-state index is 0.365. The molecular weight excluding hydrogens is 262 g/mol. The maximum Gasteiger partial charge on any atom is 0.251 e.